The van der Waals surface area contributed by atoms with Crippen molar-refractivity contribution >= 4 is 27.5 Å². The second kappa shape index (κ2) is 5.56. The summed E-state index contributed by atoms with van der Waals surface area (Å²) in [6.07, 6.45) is 1.18. The lowest BCUT2D eigenvalue weighted by Gasteiger charge is -2.11. The van der Waals surface area contributed by atoms with E-state index in [1.54, 1.807) is 12.1 Å². The average molecular weight is 270 g/mol. The molecule has 80 valence electrons. The molecule has 15 heavy (non-hydrogen) atoms. The molecule has 0 aliphatic carbocycles. The smallest absolute Gasteiger partial charge is 0.0921 e. The molecule has 0 saturated heterocycles. The Labute approximate surface area is 96.5 Å². The van der Waals surface area contributed by atoms with Crippen molar-refractivity contribution < 1.29 is 14.6 Å². The van der Waals surface area contributed by atoms with Crippen LogP contribution in [0.3, 0.4) is 0 Å². The van der Waals surface area contributed by atoms with Gasteiger partial charge in [0, 0.05) is 10.9 Å². The number of halogens is 1. The lowest BCUT2D eigenvalue weighted by atomic mass is 10.0. The SMILES string of the molecule is CO/C=C(/C(=O)[O-])c1ccccc1CBr. The summed E-state index contributed by atoms with van der Waals surface area (Å²) in [6, 6.07) is 7.18. The molecule has 0 bridgehead atoms. The largest absolute Gasteiger partial charge is 0.545 e. The van der Waals surface area contributed by atoms with Gasteiger partial charge in [-0.15, -0.1) is 0 Å². The van der Waals surface area contributed by atoms with Crippen molar-refractivity contribution in [1.29, 1.82) is 0 Å². The number of aliphatic carboxylic acids is 1. The minimum Gasteiger partial charge on any atom is -0.545 e. The fourth-order valence-corrected chi connectivity index (χ4v) is 1.73. The molecule has 3 nitrogen and oxygen atoms in total. The molecule has 0 heterocycles. The number of carboxylic acids is 1. The van der Waals surface area contributed by atoms with Gasteiger partial charge in [-0.1, -0.05) is 40.2 Å². The van der Waals surface area contributed by atoms with Gasteiger partial charge in [-0.25, -0.2) is 0 Å². The van der Waals surface area contributed by atoms with Gasteiger partial charge in [-0.3, -0.25) is 0 Å². The quantitative estimate of drug-likeness (QED) is 0.471. The molecule has 1 aromatic carbocycles. The van der Waals surface area contributed by atoms with E-state index < -0.39 is 5.97 Å². The molecule has 0 fully saturated rings. The highest BCUT2D eigenvalue weighted by Crippen LogP contribution is 2.20. The van der Waals surface area contributed by atoms with Crippen molar-refractivity contribution in [3.8, 4) is 0 Å². The Morgan fingerprint density at radius 1 is 1.53 bits per heavy atom. The van der Waals surface area contributed by atoms with Gasteiger partial charge in [0.2, 0.25) is 0 Å². The number of ether oxygens (including phenoxy) is 1. The summed E-state index contributed by atoms with van der Waals surface area (Å²) in [4.78, 5) is 10.9. The molecule has 0 spiro atoms. The summed E-state index contributed by atoms with van der Waals surface area (Å²) >= 11 is 3.30. The van der Waals surface area contributed by atoms with Crippen LogP contribution in [0.15, 0.2) is 30.5 Å². The average Bonchev–Trinajstić information content (AvgIpc) is 2.25. The number of hydrogen-bond donors (Lipinski definition) is 0. The van der Waals surface area contributed by atoms with Gasteiger partial charge in [0.1, 0.15) is 0 Å². The summed E-state index contributed by atoms with van der Waals surface area (Å²) in [5, 5.41) is 11.5. The highest BCUT2D eigenvalue weighted by atomic mass is 79.9. The molecule has 4 heteroatoms. The van der Waals surface area contributed by atoms with E-state index in [4.69, 9.17) is 4.74 Å². The number of hydrogen-bond acceptors (Lipinski definition) is 3. The molecule has 0 aliphatic heterocycles. The van der Waals surface area contributed by atoms with Crippen molar-refractivity contribution in [2.24, 2.45) is 0 Å². The van der Waals surface area contributed by atoms with Gasteiger partial charge in [-0.05, 0) is 11.1 Å². The van der Waals surface area contributed by atoms with Crippen LogP contribution in [0.5, 0.6) is 0 Å². The number of rotatable bonds is 4. The van der Waals surface area contributed by atoms with E-state index in [2.05, 4.69) is 15.9 Å². The van der Waals surface area contributed by atoms with Crippen LogP contribution in [0.1, 0.15) is 11.1 Å². The highest BCUT2D eigenvalue weighted by Gasteiger charge is 2.07. The van der Waals surface area contributed by atoms with E-state index in [0.29, 0.717) is 10.9 Å². The Bertz CT molecular complexity index is 385. The van der Waals surface area contributed by atoms with Crippen molar-refractivity contribution in [1.82, 2.24) is 0 Å². The Kier molecular flexibility index (Phi) is 4.37. The number of carbonyl (C=O) groups is 1. The third-order valence-corrected chi connectivity index (χ3v) is 2.51. The van der Waals surface area contributed by atoms with Crippen LogP contribution in [0.2, 0.25) is 0 Å². The van der Waals surface area contributed by atoms with E-state index in [9.17, 15) is 9.90 Å². The van der Waals surface area contributed by atoms with Crippen molar-refractivity contribution in [3.05, 3.63) is 41.7 Å². The molecule has 0 unspecified atom stereocenters. The summed E-state index contributed by atoms with van der Waals surface area (Å²) in [7, 11) is 1.40. The summed E-state index contributed by atoms with van der Waals surface area (Å²) in [5.74, 6) is -1.25. The standard InChI is InChI=1S/C11H11BrO3/c1-15-7-10(11(13)14)9-5-3-2-4-8(9)6-12/h2-5,7H,6H2,1H3,(H,13,14)/p-1/b10-7+. The van der Waals surface area contributed by atoms with Crippen LogP contribution in [0.4, 0.5) is 0 Å². The molecule has 0 amide bonds. The topological polar surface area (TPSA) is 49.4 Å². The van der Waals surface area contributed by atoms with Crippen LogP contribution in [0.25, 0.3) is 5.57 Å². The van der Waals surface area contributed by atoms with E-state index in [1.807, 2.05) is 12.1 Å². The van der Waals surface area contributed by atoms with Crippen molar-refractivity contribution in [2.45, 2.75) is 5.33 Å². The molecule has 0 aromatic heterocycles. The first-order valence-corrected chi connectivity index (χ1v) is 5.41. The molecule has 0 radical (unpaired) electrons. The molecular formula is C11H10BrO3-. The summed E-state index contributed by atoms with van der Waals surface area (Å²) < 4.78 is 4.72. The minimum absolute atomic E-state index is 0.0487. The first-order valence-electron chi connectivity index (χ1n) is 4.29. The maximum atomic E-state index is 10.9. The van der Waals surface area contributed by atoms with E-state index in [-0.39, 0.29) is 5.57 Å². The van der Waals surface area contributed by atoms with Crippen LogP contribution in [-0.2, 0) is 14.9 Å². The molecular weight excluding hydrogens is 260 g/mol. The molecule has 1 rings (SSSR count). The van der Waals surface area contributed by atoms with E-state index in [0.717, 1.165) is 5.56 Å². The van der Waals surface area contributed by atoms with Crippen LogP contribution in [-0.4, -0.2) is 13.1 Å². The van der Waals surface area contributed by atoms with Gasteiger partial charge >= 0.3 is 0 Å². The van der Waals surface area contributed by atoms with E-state index >= 15 is 0 Å². The third-order valence-electron chi connectivity index (χ3n) is 1.91. The summed E-state index contributed by atoms with van der Waals surface area (Å²) in [6.45, 7) is 0. The zero-order valence-corrected chi connectivity index (χ0v) is 9.78. The van der Waals surface area contributed by atoms with Crippen molar-refractivity contribution in [3.63, 3.8) is 0 Å². The third kappa shape index (κ3) is 2.83. The Morgan fingerprint density at radius 2 is 2.20 bits per heavy atom. The van der Waals surface area contributed by atoms with Crippen LogP contribution in [0, 0.1) is 0 Å². The predicted octanol–water partition coefficient (Wildman–Crippen LogP) is 1.32. The van der Waals surface area contributed by atoms with Crippen LogP contribution >= 0.6 is 15.9 Å². The van der Waals surface area contributed by atoms with Gasteiger partial charge in [-0.2, -0.15) is 0 Å². The first-order chi connectivity index (χ1) is 7.20. The molecule has 0 N–H and O–H groups in total. The number of methoxy groups -OCH3 is 1. The number of carboxylic acid groups (broad SMARTS) is 1. The van der Waals surface area contributed by atoms with Crippen LogP contribution < -0.4 is 5.11 Å². The lowest BCUT2D eigenvalue weighted by molar-refractivity contribution is -0.295. The minimum atomic E-state index is -1.25. The normalized spacial score (nSPS) is 11.2. The van der Waals surface area contributed by atoms with Gasteiger partial charge in [0.15, 0.2) is 0 Å². The number of alkyl halides is 1. The zero-order valence-electron chi connectivity index (χ0n) is 8.20. The highest BCUT2D eigenvalue weighted by molar-refractivity contribution is 9.08. The Morgan fingerprint density at radius 3 is 2.73 bits per heavy atom. The van der Waals surface area contributed by atoms with Crippen molar-refractivity contribution in [2.75, 3.05) is 7.11 Å². The maximum absolute atomic E-state index is 10.9. The Hall–Kier alpha value is -1.29. The monoisotopic (exact) mass is 269 g/mol. The maximum Gasteiger partial charge on any atom is 0.0921 e. The number of carbonyl (C=O) groups excluding carboxylic acids is 1. The zero-order chi connectivity index (χ0) is 11.3. The molecule has 0 aliphatic rings. The number of benzene rings is 1. The second-order valence-corrected chi connectivity index (χ2v) is 3.41. The molecule has 0 saturated carbocycles. The predicted molar refractivity (Wildman–Crippen MR) is 59.1 cm³/mol. The van der Waals surface area contributed by atoms with Gasteiger partial charge in [0.25, 0.3) is 0 Å². The second-order valence-electron chi connectivity index (χ2n) is 2.85. The Balaban J connectivity index is 3.22. The molecule has 1 aromatic rings. The van der Waals surface area contributed by atoms with E-state index in [1.165, 1.54) is 13.4 Å². The van der Waals surface area contributed by atoms with Gasteiger partial charge < -0.3 is 14.6 Å². The lowest BCUT2D eigenvalue weighted by Crippen LogP contribution is -2.24. The fraction of sp³-hybridized carbons (Fsp3) is 0.182. The van der Waals surface area contributed by atoms with Gasteiger partial charge in [0.05, 0.1) is 19.3 Å². The first kappa shape index (κ1) is 11.8. The fourth-order valence-electron chi connectivity index (χ4n) is 1.24. The molecule has 0 atom stereocenters. The summed E-state index contributed by atoms with van der Waals surface area (Å²) in [5.41, 5.74) is 1.54.